The fourth-order valence-electron chi connectivity index (χ4n) is 2.33. The monoisotopic (exact) mass is 393 g/mol. The molecule has 0 aromatic heterocycles. The van der Waals surface area contributed by atoms with Crippen molar-refractivity contribution in [3.63, 3.8) is 0 Å². The van der Waals surface area contributed by atoms with E-state index in [1.54, 1.807) is 6.07 Å². The maximum Gasteiger partial charge on any atom is 0.404 e. The quantitative estimate of drug-likeness (QED) is 0.600. The molecular weight excluding hydrogens is 377 g/mol. The van der Waals surface area contributed by atoms with Crippen LogP contribution in [0.5, 0.6) is 0 Å². The van der Waals surface area contributed by atoms with E-state index < -0.39 is 29.8 Å². The van der Waals surface area contributed by atoms with Crippen molar-refractivity contribution in [1.82, 2.24) is 5.32 Å². The van der Waals surface area contributed by atoms with Crippen LogP contribution in [0.4, 0.5) is 20.6 Å². The maximum atomic E-state index is 13.0. The number of hydrogen-bond acceptors (Lipinski definition) is 3. The minimum Gasteiger partial charge on any atom is -0.465 e. The zero-order chi connectivity index (χ0) is 20.0. The summed E-state index contributed by atoms with van der Waals surface area (Å²) < 4.78 is 13.0. The molecule has 27 heavy (non-hydrogen) atoms. The minimum absolute atomic E-state index is 0.0377. The Hall–Kier alpha value is -3.13. The molecule has 2 aromatic rings. The lowest BCUT2D eigenvalue weighted by atomic mass is 10.1. The lowest BCUT2D eigenvalue weighted by Crippen LogP contribution is -2.34. The molecular formula is C18H17ClFN3O4. The number of benzene rings is 2. The average Bonchev–Trinajstić information content (AvgIpc) is 2.56. The van der Waals surface area contributed by atoms with Gasteiger partial charge < -0.3 is 21.1 Å². The van der Waals surface area contributed by atoms with Crippen LogP contribution < -0.4 is 16.0 Å². The number of halogens is 2. The number of hydrogen-bond donors (Lipinski definition) is 4. The third-order valence-corrected chi connectivity index (χ3v) is 3.79. The molecule has 0 spiro atoms. The van der Waals surface area contributed by atoms with Gasteiger partial charge in [0.25, 0.3) is 5.91 Å². The van der Waals surface area contributed by atoms with Crippen LogP contribution in [0.3, 0.4) is 0 Å². The van der Waals surface area contributed by atoms with Crippen LogP contribution in [0.25, 0.3) is 0 Å². The van der Waals surface area contributed by atoms with Gasteiger partial charge in [0.1, 0.15) is 5.82 Å². The Morgan fingerprint density at radius 2 is 1.78 bits per heavy atom. The summed E-state index contributed by atoms with van der Waals surface area (Å²) in [4.78, 5) is 35.3. The van der Waals surface area contributed by atoms with Gasteiger partial charge in [-0.25, -0.2) is 9.18 Å². The van der Waals surface area contributed by atoms with Crippen LogP contribution in [0, 0.1) is 5.82 Å². The molecule has 2 aromatic carbocycles. The predicted octanol–water partition coefficient (Wildman–Crippen LogP) is 3.72. The molecule has 0 aliphatic heterocycles. The SMILES string of the molecule is CC(CC(=O)Nc1cccc(Cl)c1C(=O)Nc1ccc(F)cc1)NC(=O)O. The molecule has 0 heterocycles. The van der Waals surface area contributed by atoms with E-state index in [1.165, 1.54) is 43.3 Å². The first-order valence-electron chi connectivity index (χ1n) is 7.91. The lowest BCUT2D eigenvalue weighted by Gasteiger charge is -2.15. The highest BCUT2D eigenvalue weighted by Gasteiger charge is 2.19. The second-order valence-corrected chi connectivity index (χ2v) is 6.13. The molecule has 0 fully saturated rings. The molecule has 0 saturated heterocycles. The summed E-state index contributed by atoms with van der Waals surface area (Å²) >= 11 is 6.11. The van der Waals surface area contributed by atoms with Crippen LogP contribution in [-0.4, -0.2) is 29.1 Å². The Morgan fingerprint density at radius 1 is 1.11 bits per heavy atom. The second-order valence-electron chi connectivity index (χ2n) is 5.73. The van der Waals surface area contributed by atoms with Gasteiger partial charge in [0, 0.05) is 18.2 Å². The number of carbonyl (C=O) groups excluding carboxylic acids is 2. The molecule has 1 unspecified atom stereocenters. The standard InChI is InChI=1S/C18H17ClFN3O4/c1-10(21-18(26)27)9-15(24)23-14-4-2-3-13(19)16(14)17(25)22-12-7-5-11(20)6-8-12/h2-8,10,21H,9H2,1H3,(H,22,25)(H,23,24)(H,26,27). The third-order valence-electron chi connectivity index (χ3n) is 3.48. The third kappa shape index (κ3) is 5.96. The molecule has 3 amide bonds. The Morgan fingerprint density at radius 3 is 2.41 bits per heavy atom. The van der Waals surface area contributed by atoms with Gasteiger partial charge in [0.15, 0.2) is 0 Å². The molecule has 0 aliphatic rings. The van der Waals surface area contributed by atoms with Gasteiger partial charge in [-0.3, -0.25) is 9.59 Å². The first kappa shape index (κ1) is 20.2. The molecule has 0 saturated carbocycles. The number of carboxylic acid groups (broad SMARTS) is 1. The molecule has 0 bridgehead atoms. The topological polar surface area (TPSA) is 108 Å². The van der Waals surface area contributed by atoms with E-state index in [4.69, 9.17) is 16.7 Å². The van der Waals surface area contributed by atoms with Crippen molar-refractivity contribution in [2.75, 3.05) is 10.6 Å². The van der Waals surface area contributed by atoms with Crippen LogP contribution >= 0.6 is 11.6 Å². The summed E-state index contributed by atoms with van der Waals surface area (Å²) in [6.45, 7) is 1.54. The minimum atomic E-state index is -1.24. The van der Waals surface area contributed by atoms with E-state index >= 15 is 0 Å². The van der Waals surface area contributed by atoms with E-state index in [-0.39, 0.29) is 22.7 Å². The van der Waals surface area contributed by atoms with Crippen molar-refractivity contribution in [3.8, 4) is 0 Å². The normalized spacial score (nSPS) is 11.4. The molecule has 0 aliphatic carbocycles. The predicted molar refractivity (Wildman–Crippen MR) is 99.7 cm³/mol. The second kappa shape index (κ2) is 9.00. The summed E-state index contributed by atoms with van der Waals surface area (Å²) in [5.41, 5.74) is 0.572. The van der Waals surface area contributed by atoms with Crippen molar-refractivity contribution in [1.29, 1.82) is 0 Å². The lowest BCUT2D eigenvalue weighted by molar-refractivity contribution is -0.116. The van der Waals surface area contributed by atoms with Gasteiger partial charge in [-0.1, -0.05) is 17.7 Å². The van der Waals surface area contributed by atoms with Crippen LogP contribution in [0.15, 0.2) is 42.5 Å². The van der Waals surface area contributed by atoms with Crippen LogP contribution in [0.1, 0.15) is 23.7 Å². The maximum absolute atomic E-state index is 13.0. The first-order chi connectivity index (χ1) is 12.8. The Labute approximate surface area is 159 Å². The van der Waals surface area contributed by atoms with Crippen molar-refractivity contribution in [2.45, 2.75) is 19.4 Å². The van der Waals surface area contributed by atoms with Gasteiger partial charge in [-0.15, -0.1) is 0 Å². The number of amides is 3. The number of rotatable bonds is 6. The average molecular weight is 394 g/mol. The summed E-state index contributed by atoms with van der Waals surface area (Å²) in [5, 5.41) is 16.1. The fraction of sp³-hybridized carbons (Fsp3) is 0.167. The van der Waals surface area contributed by atoms with E-state index in [9.17, 15) is 18.8 Å². The molecule has 1 atom stereocenters. The zero-order valence-corrected chi connectivity index (χ0v) is 15.0. The van der Waals surface area contributed by atoms with Crippen molar-refractivity contribution < 1.29 is 23.9 Å². The van der Waals surface area contributed by atoms with Crippen molar-refractivity contribution in [2.24, 2.45) is 0 Å². The zero-order valence-electron chi connectivity index (χ0n) is 14.3. The fourth-order valence-corrected chi connectivity index (χ4v) is 2.59. The van der Waals surface area contributed by atoms with Gasteiger partial charge >= 0.3 is 6.09 Å². The Balaban J connectivity index is 2.15. The Bertz CT molecular complexity index is 858. The number of nitrogens with one attached hydrogen (secondary N) is 3. The van der Waals surface area contributed by atoms with E-state index in [0.29, 0.717) is 5.69 Å². The van der Waals surface area contributed by atoms with Crippen molar-refractivity contribution >= 4 is 40.9 Å². The van der Waals surface area contributed by atoms with Gasteiger partial charge in [0.05, 0.1) is 16.3 Å². The summed E-state index contributed by atoms with van der Waals surface area (Å²) in [6, 6.07) is 9.11. The van der Waals surface area contributed by atoms with Crippen LogP contribution in [-0.2, 0) is 4.79 Å². The first-order valence-corrected chi connectivity index (χ1v) is 8.29. The molecule has 4 N–H and O–H groups in total. The van der Waals surface area contributed by atoms with Crippen LogP contribution in [0.2, 0.25) is 5.02 Å². The van der Waals surface area contributed by atoms with Gasteiger partial charge in [0.2, 0.25) is 5.91 Å². The molecule has 142 valence electrons. The van der Waals surface area contributed by atoms with E-state index in [0.717, 1.165) is 0 Å². The van der Waals surface area contributed by atoms with Crippen molar-refractivity contribution in [3.05, 3.63) is 58.9 Å². The van der Waals surface area contributed by atoms with Gasteiger partial charge in [-0.2, -0.15) is 0 Å². The number of anilines is 2. The largest absolute Gasteiger partial charge is 0.465 e. The molecule has 2 rings (SSSR count). The highest BCUT2D eigenvalue weighted by atomic mass is 35.5. The van der Waals surface area contributed by atoms with E-state index in [2.05, 4.69) is 16.0 Å². The summed E-state index contributed by atoms with van der Waals surface area (Å²) in [7, 11) is 0. The molecule has 0 radical (unpaired) electrons. The smallest absolute Gasteiger partial charge is 0.404 e. The van der Waals surface area contributed by atoms with Gasteiger partial charge in [-0.05, 0) is 43.3 Å². The highest BCUT2D eigenvalue weighted by molar-refractivity contribution is 6.35. The summed E-state index contributed by atoms with van der Waals surface area (Å²) in [6.07, 6.45) is -1.37. The number of carbonyl (C=O) groups is 3. The van der Waals surface area contributed by atoms with E-state index in [1.807, 2.05) is 0 Å². The summed E-state index contributed by atoms with van der Waals surface area (Å²) in [5.74, 6) is -1.52. The molecule has 9 heteroatoms. The molecule has 7 nitrogen and oxygen atoms in total. The Kier molecular flexibility index (Phi) is 6.73. The highest BCUT2D eigenvalue weighted by Crippen LogP contribution is 2.26.